The van der Waals surface area contributed by atoms with E-state index in [2.05, 4.69) is 9.47 Å². The summed E-state index contributed by atoms with van der Waals surface area (Å²) in [4.78, 5) is 24.1. The first kappa shape index (κ1) is 13.8. The van der Waals surface area contributed by atoms with Gasteiger partial charge in [0.15, 0.2) is 0 Å². The molecule has 1 rings (SSSR count). The summed E-state index contributed by atoms with van der Waals surface area (Å²) in [5.41, 5.74) is 0. The summed E-state index contributed by atoms with van der Waals surface area (Å²) < 4.78 is 9.35. The summed E-state index contributed by atoms with van der Waals surface area (Å²) in [6.45, 7) is 0. The fourth-order valence-corrected chi connectivity index (χ4v) is 2.35. The maximum atomic E-state index is 11.3. The summed E-state index contributed by atoms with van der Waals surface area (Å²) in [6, 6.07) is 0.233. The zero-order chi connectivity index (χ0) is 12.8. The normalized spacial score (nSPS) is 23.9. The number of hydrogen-bond donors (Lipinski definition) is 0. The Morgan fingerprint density at radius 3 is 2.18 bits per heavy atom. The molecular weight excluding hydrogens is 222 g/mol. The highest BCUT2D eigenvalue weighted by Crippen LogP contribution is 2.29. The standard InChI is InChI=1S/C12H21NO4/c1-13(12(15)17-3)10-6-4-9(5-7-10)8-11(14)16-2/h9-10H,4-8H2,1-3H3. The first-order chi connectivity index (χ1) is 8.08. The lowest BCUT2D eigenvalue weighted by atomic mass is 9.84. The van der Waals surface area contributed by atoms with E-state index < -0.39 is 0 Å². The average molecular weight is 243 g/mol. The lowest BCUT2D eigenvalue weighted by Gasteiger charge is -2.33. The third-order valence-electron chi connectivity index (χ3n) is 3.51. The number of carbonyl (C=O) groups is 2. The van der Waals surface area contributed by atoms with Crippen molar-refractivity contribution in [1.29, 1.82) is 0 Å². The molecule has 1 saturated carbocycles. The molecule has 0 saturated heterocycles. The van der Waals surface area contributed by atoms with Gasteiger partial charge in [-0.15, -0.1) is 0 Å². The summed E-state index contributed by atoms with van der Waals surface area (Å²) in [7, 11) is 4.57. The Hall–Kier alpha value is -1.26. The van der Waals surface area contributed by atoms with Crippen LogP contribution in [0.15, 0.2) is 0 Å². The molecule has 1 amide bonds. The van der Waals surface area contributed by atoms with Gasteiger partial charge in [-0.25, -0.2) is 4.79 Å². The van der Waals surface area contributed by atoms with Crippen molar-refractivity contribution in [1.82, 2.24) is 4.90 Å². The summed E-state index contributed by atoms with van der Waals surface area (Å²) >= 11 is 0. The Kier molecular flexibility index (Phi) is 5.25. The van der Waals surface area contributed by atoms with Crippen LogP contribution < -0.4 is 0 Å². The molecule has 0 aromatic carbocycles. The van der Waals surface area contributed by atoms with E-state index in [0.29, 0.717) is 12.3 Å². The van der Waals surface area contributed by atoms with Crippen LogP contribution in [0, 0.1) is 5.92 Å². The minimum absolute atomic E-state index is 0.144. The average Bonchev–Trinajstić information content (AvgIpc) is 2.37. The highest BCUT2D eigenvalue weighted by atomic mass is 16.5. The van der Waals surface area contributed by atoms with Crippen molar-refractivity contribution >= 4 is 12.1 Å². The quantitative estimate of drug-likeness (QED) is 0.709. The summed E-state index contributed by atoms with van der Waals surface area (Å²) in [5, 5.41) is 0. The molecule has 0 heterocycles. The van der Waals surface area contributed by atoms with E-state index in [-0.39, 0.29) is 18.1 Å². The predicted molar refractivity (Wildman–Crippen MR) is 62.5 cm³/mol. The molecule has 5 nitrogen and oxygen atoms in total. The van der Waals surface area contributed by atoms with Gasteiger partial charge in [-0.05, 0) is 31.6 Å². The van der Waals surface area contributed by atoms with Gasteiger partial charge >= 0.3 is 12.1 Å². The Labute approximate surface area is 102 Å². The van der Waals surface area contributed by atoms with Crippen molar-refractivity contribution in [2.45, 2.75) is 38.1 Å². The van der Waals surface area contributed by atoms with Crippen LogP contribution in [0.4, 0.5) is 4.79 Å². The minimum atomic E-state index is -0.290. The molecule has 17 heavy (non-hydrogen) atoms. The van der Waals surface area contributed by atoms with Gasteiger partial charge in [0.25, 0.3) is 0 Å². The van der Waals surface area contributed by atoms with E-state index in [0.717, 1.165) is 25.7 Å². The highest BCUT2D eigenvalue weighted by molar-refractivity contribution is 5.69. The third-order valence-corrected chi connectivity index (χ3v) is 3.51. The Balaban J connectivity index is 2.35. The van der Waals surface area contributed by atoms with E-state index in [9.17, 15) is 9.59 Å². The van der Waals surface area contributed by atoms with Crippen molar-refractivity contribution in [2.24, 2.45) is 5.92 Å². The third kappa shape index (κ3) is 3.91. The largest absolute Gasteiger partial charge is 0.469 e. The van der Waals surface area contributed by atoms with Crippen molar-refractivity contribution < 1.29 is 19.1 Å². The molecule has 0 aromatic rings. The highest BCUT2D eigenvalue weighted by Gasteiger charge is 2.28. The Morgan fingerprint density at radius 1 is 1.12 bits per heavy atom. The molecule has 0 unspecified atom stereocenters. The topological polar surface area (TPSA) is 55.8 Å². The maximum absolute atomic E-state index is 11.3. The molecular formula is C12H21NO4. The molecule has 0 aliphatic heterocycles. The summed E-state index contributed by atoms with van der Waals surface area (Å²) in [6.07, 6.45) is 3.97. The van der Waals surface area contributed by atoms with Crippen molar-refractivity contribution in [3.05, 3.63) is 0 Å². The van der Waals surface area contributed by atoms with Gasteiger partial charge < -0.3 is 14.4 Å². The molecule has 5 heteroatoms. The van der Waals surface area contributed by atoms with Crippen molar-refractivity contribution in [3.63, 3.8) is 0 Å². The van der Waals surface area contributed by atoms with Gasteiger partial charge in [0.2, 0.25) is 0 Å². The first-order valence-corrected chi connectivity index (χ1v) is 5.96. The molecule has 0 N–H and O–H groups in total. The van der Waals surface area contributed by atoms with Crippen molar-refractivity contribution in [3.8, 4) is 0 Å². The van der Waals surface area contributed by atoms with Crippen LogP contribution in [0.3, 0.4) is 0 Å². The first-order valence-electron chi connectivity index (χ1n) is 5.96. The Morgan fingerprint density at radius 2 is 1.71 bits per heavy atom. The van der Waals surface area contributed by atoms with Gasteiger partial charge in [0.05, 0.1) is 14.2 Å². The lowest BCUT2D eigenvalue weighted by molar-refractivity contribution is -0.142. The van der Waals surface area contributed by atoms with Crippen LogP contribution in [0.25, 0.3) is 0 Å². The number of nitrogens with zero attached hydrogens (tertiary/aromatic N) is 1. The maximum Gasteiger partial charge on any atom is 0.409 e. The van der Waals surface area contributed by atoms with E-state index in [1.165, 1.54) is 14.2 Å². The van der Waals surface area contributed by atoms with Crippen LogP contribution in [-0.2, 0) is 14.3 Å². The number of carbonyl (C=O) groups excluding carboxylic acids is 2. The predicted octanol–water partition coefficient (Wildman–Crippen LogP) is 1.81. The minimum Gasteiger partial charge on any atom is -0.469 e. The van der Waals surface area contributed by atoms with E-state index in [4.69, 9.17) is 0 Å². The molecule has 1 aliphatic rings. The van der Waals surface area contributed by atoms with Gasteiger partial charge in [-0.2, -0.15) is 0 Å². The lowest BCUT2D eigenvalue weighted by Crippen LogP contribution is -2.39. The van der Waals surface area contributed by atoms with Crippen LogP contribution in [0.1, 0.15) is 32.1 Å². The number of hydrogen-bond acceptors (Lipinski definition) is 4. The number of rotatable bonds is 3. The zero-order valence-corrected chi connectivity index (χ0v) is 10.8. The molecule has 0 aromatic heterocycles. The molecule has 0 atom stereocenters. The van der Waals surface area contributed by atoms with Crippen LogP contribution >= 0.6 is 0 Å². The number of ether oxygens (including phenoxy) is 2. The van der Waals surface area contributed by atoms with E-state index in [1.807, 2.05) is 0 Å². The van der Waals surface area contributed by atoms with Gasteiger partial charge in [0, 0.05) is 19.5 Å². The van der Waals surface area contributed by atoms with Crippen LogP contribution in [0.2, 0.25) is 0 Å². The SMILES string of the molecule is COC(=O)CC1CCC(N(C)C(=O)OC)CC1. The molecule has 0 spiro atoms. The van der Waals surface area contributed by atoms with Gasteiger partial charge in [0.1, 0.15) is 0 Å². The molecule has 0 bridgehead atoms. The van der Waals surface area contributed by atoms with Gasteiger partial charge in [-0.1, -0.05) is 0 Å². The van der Waals surface area contributed by atoms with E-state index in [1.54, 1.807) is 11.9 Å². The van der Waals surface area contributed by atoms with Gasteiger partial charge in [-0.3, -0.25) is 4.79 Å². The molecule has 1 aliphatic carbocycles. The zero-order valence-electron chi connectivity index (χ0n) is 10.8. The summed E-state index contributed by atoms with van der Waals surface area (Å²) in [5.74, 6) is 0.250. The molecule has 0 radical (unpaired) electrons. The number of amides is 1. The molecule has 98 valence electrons. The van der Waals surface area contributed by atoms with Crippen LogP contribution in [0.5, 0.6) is 0 Å². The monoisotopic (exact) mass is 243 g/mol. The second-order valence-corrected chi connectivity index (χ2v) is 4.54. The van der Waals surface area contributed by atoms with E-state index >= 15 is 0 Å². The smallest absolute Gasteiger partial charge is 0.409 e. The fourth-order valence-electron chi connectivity index (χ4n) is 2.35. The van der Waals surface area contributed by atoms with Crippen LogP contribution in [-0.4, -0.2) is 44.3 Å². The second kappa shape index (κ2) is 6.47. The number of esters is 1. The fraction of sp³-hybridized carbons (Fsp3) is 0.833. The van der Waals surface area contributed by atoms with Crippen molar-refractivity contribution in [2.75, 3.05) is 21.3 Å². The second-order valence-electron chi connectivity index (χ2n) is 4.54. The molecule has 1 fully saturated rings. The number of methoxy groups -OCH3 is 2. The Bertz CT molecular complexity index is 272.